The van der Waals surface area contributed by atoms with Crippen molar-refractivity contribution in [1.82, 2.24) is 25.6 Å². The predicted molar refractivity (Wildman–Crippen MR) is 96.1 cm³/mol. The maximum atomic E-state index is 12.3. The first-order chi connectivity index (χ1) is 12.6. The van der Waals surface area contributed by atoms with Crippen LogP contribution in [-0.4, -0.2) is 32.8 Å². The van der Waals surface area contributed by atoms with Crippen LogP contribution in [0.3, 0.4) is 0 Å². The molecule has 0 radical (unpaired) electrons. The smallest absolute Gasteiger partial charge is 0.270 e. The van der Waals surface area contributed by atoms with Gasteiger partial charge in [-0.05, 0) is 44.7 Å². The largest absolute Gasteiger partial charge is 0.350 e. The molecular weight excluding hydrogens is 330 g/mol. The van der Waals surface area contributed by atoms with E-state index in [0.29, 0.717) is 12.2 Å². The lowest BCUT2D eigenvalue weighted by Crippen LogP contribution is -2.41. The average molecular weight is 353 g/mol. The minimum absolute atomic E-state index is 0.0172. The Morgan fingerprint density at radius 2 is 1.88 bits per heavy atom. The van der Waals surface area contributed by atoms with Crippen LogP contribution in [0.5, 0.6) is 0 Å². The summed E-state index contributed by atoms with van der Waals surface area (Å²) in [6.45, 7) is 2.27. The van der Waals surface area contributed by atoms with Crippen LogP contribution in [-0.2, 0) is 11.3 Å². The van der Waals surface area contributed by atoms with Gasteiger partial charge in [-0.2, -0.15) is 0 Å². The normalized spacial score (nSPS) is 19.6. The third-order valence-electron chi connectivity index (χ3n) is 4.61. The maximum Gasteiger partial charge on any atom is 0.270 e. The molecule has 2 N–H and O–H groups in total. The average Bonchev–Trinajstić information content (AvgIpc) is 2.68. The molecule has 3 rings (SSSR count). The van der Waals surface area contributed by atoms with Crippen LogP contribution in [0, 0.1) is 12.8 Å². The van der Waals surface area contributed by atoms with Gasteiger partial charge in [0, 0.05) is 24.4 Å². The van der Waals surface area contributed by atoms with Gasteiger partial charge in [0.05, 0.1) is 24.1 Å². The highest BCUT2D eigenvalue weighted by Crippen LogP contribution is 2.24. The summed E-state index contributed by atoms with van der Waals surface area (Å²) in [4.78, 5) is 36.9. The fraction of sp³-hybridized carbons (Fsp3) is 0.421. The van der Waals surface area contributed by atoms with Crippen LogP contribution in [0.15, 0.2) is 36.8 Å². The van der Waals surface area contributed by atoms with Crippen LogP contribution in [0.1, 0.15) is 47.6 Å². The van der Waals surface area contributed by atoms with E-state index in [-0.39, 0.29) is 23.8 Å². The summed E-state index contributed by atoms with van der Waals surface area (Å²) in [5, 5.41) is 5.94. The van der Waals surface area contributed by atoms with Gasteiger partial charge in [0.2, 0.25) is 5.91 Å². The van der Waals surface area contributed by atoms with Crippen molar-refractivity contribution in [1.29, 1.82) is 0 Å². The number of carbonyl (C=O) groups excluding carboxylic acids is 2. The number of nitrogens with one attached hydrogen (secondary N) is 2. The van der Waals surface area contributed by atoms with Crippen LogP contribution in [0.2, 0.25) is 0 Å². The Labute approximate surface area is 152 Å². The topological polar surface area (TPSA) is 96.9 Å². The van der Waals surface area contributed by atoms with Crippen molar-refractivity contribution in [3.05, 3.63) is 53.9 Å². The van der Waals surface area contributed by atoms with Crippen LogP contribution in [0.4, 0.5) is 0 Å². The van der Waals surface area contributed by atoms with E-state index in [1.54, 1.807) is 36.8 Å². The highest BCUT2D eigenvalue weighted by atomic mass is 16.2. The molecule has 7 nitrogen and oxygen atoms in total. The molecule has 0 aliphatic heterocycles. The zero-order valence-corrected chi connectivity index (χ0v) is 14.8. The molecule has 7 heteroatoms. The molecule has 0 bridgehead atoms. The highest BCUT2D eigenvalue weighted by molar-refractivity contribution is 5.92. The minimum Gasteiger partial charge on any atom is -0.350 e. The van der Waals surface area contributed by atoms with Gasteiger partial charge in [0.25, 0.3) is 5.91 Å². The number of aromatic nitrogens is 3. The molecule has 1 aliphatic rings. The Balaban J connectivity index is 1.42. The molecule has 2 aromatic heterocycles. The first kappa shape index (κ1) is 18.0. The number of hydrogen-bond acceptors (Lipinski definition) is 5. The van der Waals surface area contributed by atoms with Crippen molar-refractivity contribution in [2.24, 2.45) is 5.92 Å². The molecule has 2 aromatic rings. The van der Waals surface area contributed by atoms with E-state index >= 15 is 0 Å². The van der Waals surface area contributed by atoms with Gasteiger partial charge in [-0.25, -0.2) is 0 Å². The van der Waals surface area contributed by atoms with Gasteiger partial charge in [-0.15, -0.1) is 0 Å². The molecule has 1 fully saturated rings. The van der Waals surface area contributed by atoms with Crippen LogP contribution < -0.4 is 10.6 Å². The van der Waals surface area contributed by atoms with Crippen LogP contribution >= 0.6 is 0 Å². The fourth-order valence-corrected chi connectivity index (χ4v) is 3.09. The van der Waals surface area contributed by atoms with E-state index in [2.05, 4.69) is 25.6 Å². The number of hydrogen-bond donors (Lipinski definition) is 2. The Morgan fingerprint density at radius 3 is 2.54 bits per heavy atom. The monoisotopic (exact) mass is 353 g/mol. The van der Waals surface area contributed by atoms with Crippen molar-refractivity contribution >= 4 is 11.8 Å². The number of aryl methyl sites for hydroxylation is 1. The van der Waals surface area contributed by atoms with Gasteiger partial charge in [0.15, 0.2) is 0 Å². The molecule has 0 saturated heterocycles. The predicted octanol–water partition coefficient (Wildman–Crippen LogP) is 1.79. The third kappa shape index (κ3) is 4.84. The number of amides is 2. The van der Waals surface area contributed by atoms with E-state index < -0.39 is 0 Å². The lowest BCUT2D eigenvalue weighted by atomic mass is 9.85. The summed E-state index contributed by atoms with van der Waals surface area (Å²) in [6, 6.07) is 5.36. The number of pyridine rings is 1. The van der Waals surface area contributed by atoms with Crippen LogP contribution in [0.25, 0.3) is 0 Å². The standard InChI is InChI=1S/C19H23N5O2/c1-13-10-22-16(11-21-13)12-23-18(25)14-5-7-15(8-6-14)24-19(26)17-4-2-3-9-20-17/h2-4,9-11,14-15H,5-8,12H2,1H3,(H,23,25)(H,24,26). The Morgan fingerprint density at radius 1 is 1.08 bits per heavy atom. The second-order valence-electron chi connectivity index (χ2n) is 6.60. The van der Waals surface area contributed by atoms with Crippen molar-refractivity contribution < 1.29 is 9.59 Å². The molecule has 0 aromatic carbocycles. The van der Waals surface area contributed by atoms with Crippen molar-refractivity contribution in [3.8, 4) is 0 Å². The molecule has 0 spiro atoms. The summed E-state index contributed by atoms with van der Waals surface area (Å²) in [5.41, 5.74) is 2.03. The van der Waals surface area contributed by atoms with E-state index in [1.165, 1.54) is 0 Å². The summed E-state index contributed by atoms with van der Waals surface area (Å²) < 4.78 is 0. The number of carbonyl (C=O) groups is 2. The summed E-state index contributed by atoms with van der Waals surface area (Å²) in [6.07, 6.45) is 8.09. The van der Waals surface area contributed by atoms with Gasteiger partial charge in [-0.3, -0.25) is 24.5 Å². The maximum absolute atomic E-state index is 12.3. The zero-order valence-electron chi connectivity index (χ0n) is 14.8. The van der Waals surface area contributed by atoms with Crippen molar-refractivity contribution in [3.63, 3.8) is 0 Å². The molecule has 0 atom stereocenters. The quantitative estimate of drug-likeness (QED) is 0.854. The second kappa shape index (κ2) is 8.51. The molecule has 26 heavy (non-hydrogen) atoms. The zero-order chi connectivity index (χ0) is 18.4. The molecule has 1 saturated carbocycles. The van der Waals surface area contributed by atoms with Gasteiger partial charge < -0.3 is 10.6 Å². The second-order valence-corrected chi connectivity index (χ2v) is 6.60. The Kier molecular flexibility index (Phi) is 5.88. The first-order valence-electron chi connectivity index (χ1n) is 8.89. The SMILES string of the molecule is Cc1cnc(CNC(=O)C2CCC(NC(=O)c3ccccn3)CC2)cn1. The van der Waals surface area contributed by atoms with Crippen molar-refractivity contribution in [2.45, 2.75) is 45.2 Å². The molecule has 2 amide bonds. The highest BCUT2D eigenvalue weighted by Gasteiger charge is 2.27. The molecule has 0 unspecified atom stereocenters. The Hall–Kier alpha value is -2.83. The van der Waals surface area contributed by atoms with E-state index in [9.17, 15) is 9.59 Å². The first-order valence-corrected chi connectivity index (χ1v) is 8.89. The van der Waals surface area contributed by atoms with Gasteiger partial charge in [0.1, 0.15) is 5.69 Å². The van der Waals surface area contributed by atoms with E-state index in [4.69, 9.17) is 0 Å². The summed E-state index contributed by atoms with van der Waals surface area (Å²) in [7, 11) is 0. The number of nitrogens with zero attached hydrogens (tertiary/aromatic N) is 3. The number of rotatable bonds is 5. The van der Waals surface area contributed by atoms with Crippen molar-refractivity contribution in [2.75, 3.05) is 0 Å². The molecular formula is C19H23N5O2. The Bertz CT molecular complexity index is 740. The fourth-order valence-electron chi connectivity index (χ4n) is 3.09. The van der Waals surface area contributed by atoms with E-state index in [1.807, 2.05) is 6.92 Å². The summed E-state index contributed by atoms with van der Waals surface area (Å²) in [5.74, 6) is -0.130. The van der Waals surface area contributed by atoms with Gasteiger partial charge in [-0.1, -0.05) is 6.07 Å². The summed E-state index contributed by atoms with van der Waals surface area (Å²) >= 11 is 0. The lowest BCUT2D eigenvalue weighted by molar-refractivity contribution is -0.126. The molecule has 1 aliphatic carbocycles. The lowest BCUT2D eigenvalue weighted by Gasteiger charge is -2.28. The third-order valence-corrected chi connectivity index (χ3v) is 4.61. The minimum atomic E-state index is -0.156. The van der Waals surface area contributed by atoms with Gasteiger partial charge >= 0.3 is 0 Å². The molecule has 2 heterocycles. The van der Waals surface area contributed by atoms with E-state index in [0.717, 1.165) is 37.1 Å². The molecule has 136 valence electrons.